The van der Waals surface area contributed by atoms with Crippen molar-refractivity contribution >= 4 is 5.91 Å². The predicted octanol–water partition coefficient (Wildman–Crippen LogP) is 4.20. The summed E-state index contributed by atoms with van der Waals surface area (Å²) in [6.45, 7) is 0.151. The van der Waals surface area contributed by atoms with E-state index in [4.69, 9.17) is 10.1 Å². The van der Waals surface area contributed by atoms with Crippen molar-refractivity contribution in [3.8, 4) is 16.9 Å². The molecule has 1 aliphatic carbocycles. The minimum Gasteiger partial charge on any atom is -0.494 e. The van der Waals surface area contributed by atoms with Gasteiger partial charge in [0.25, 0.3) is 5.91 Å². The van der Waals surface area contributed by atoms with Gasteiger partial charge in [-0.25, -0.2) is 4.39 Å². The maximum atomic E-state index is 14.0. The van der Waals surface area contributed by atoms with Gasteiger partial charge in [0.05, 0.1) is 31.6 Å². The van der Waals surface area contributed by atoms with E-state index in [1.54, 1.807) is 40.7 Å². The molecular formula is C27H27F4N7O2. The Morgan fingerprint density at radius 2 is 1.95 bits per heavy atom. The Kier molecular flexibility index (Phi) is 6.98. The number of benzene rings is 1. The molecule has 0 aliphatic heterocycles. The monoisotopic (exact) mass is 557 g/mol. The summed E-state index contributed by atoms with van der Waals surface area (Å²) in [4.78, 5) is 17.7. The normalized spacial score (nSPS) is 14.3. The number of alkyl halides is 3. The highest BCUT2D eigenvalue weighted by Crippen LogP contribution is 2.42. The van der Waals surface area contributed by atoms with Gasteiger partial charge in [0.2, 0.25) is 5.62 Å². The maximum Gasteiger partial charge on any atom is 0.435 e. The van der Waals surface area contributed by atoms with E-state index in [2.05, 4.69) is 15.4 Å². The second-order valence-corrected chi connectivity index (χ2v) is 9.87. The summed E-state index contributed by atoms with van der Waals surface area (Å²) in [5.74, 6) is -1.08. The standard InChI is InChI=1S/C27H27F4N7O2/c1-36-6-7-38(26(36)32)13-15-8-17(19-14-37(2)35-24(19)27(29,30)31)10-18(9-15)25(39)34-23(16-4-5-16)21-11-22(40-3)20(28)12-33-21/h6-12,14,16,23,32H,4-5,13H2,1-3H3,(H,34,39)/t23-/m0/s1. The van der Waals surface area contributed by atoms with Gasteiger partial charge in [0, 0.05) is 49.9 Å². The van der Waals surface area contributed by atoms with Crippen LogP contribution in [0, 0.1) is 17.1 Å². The third-order valence-electron chi connectivity index (χ3n) is 6.85. The van der Waals surface area contributed by atoms with Crippen molar-refractivity contribution in [2.75, 3.05) is 7.11 Å². The van der Waals surface area contributed by atoms with Gasteiger partial charge in [-0.2, -0.15) is 18.3 Å². The fraction of sp³-hybridized carbons (Fsp3) is 0.333. The zero-order chi connectivity index (χ0) is 28.8. The molecule has 1 aliphatic rings. The van der Waals surface area contributed by atoms with Crippen molar-refractivity contribution in [1.82, 2.24) is 29.2 Å². The molecule has 0 spiro atoms. The molecule has 0 radical (unpaired) electrons. The number of amides is 1. The quantitative estimate of drug-likeness (QED) is 0.317. The van der Waals surface area contributed by atoms with Gasteiger partial charge in [0.15, 0.2) is 17.3 Å². The van der Waals surface area contributed by atoms with Gasteiger partial charge < -0.3 is 19.2 Å². The maximum absolute atomic E-state index is 14.0. The lowest BCUT2D eigenvalue weighted by Gasteiger charge is -2.19. The Morgan fingerprint density at radius 3 is 2.58 bits per heavy atom. The Labute approximate surface area is 226 Å². The SMILES string of the molecule is COc1cc([C@@H](NC(=O)c2cc(Cn3ccn(C)c3=N)cc(-c3cn(C)nc3C(F)(F)F)c2)C2CC2)ncc1F. The smallest absolute Gasteiger partial charge is 0.435 e. The molecule has 0 unspecified atom stereocenters. The number of carbonyl (C=O) groups excluding carboxylic acids is 1. The van der Waals surface area contributed by atoms with E-state index >= 15 is 0 Å². The Morgan fingerprint density at radius 1 is 1.20 bits per heavy atom. The van der Waals surface area contributed by atoms with E-state index in [-0.39, 0.29) is 40.5 Å². The summed E-state index contributed by atoms with van der Waals surface area (Å²) >= 11 is 0. The first-order valence-corrected chi connectivity index (χ1v) is 12.5. The fourth-order valence-electron chi connectivity index (χ4n) is 4.68. The zero-order valence-corrected chi connectivity index (χ0v) is 22.0. The average Bonchev–Trinajstić information content (AvgIpc) is 3.60. The lowest BCUT2D eigenvalue weighted by atomic mass is 9.98. The van der Waals surface area contributed by atoms with Crippen LogP contribution in [0.4, 0.5) is 17.6 Å². The number of methoxy groups -OCH3 is 1. The molecule has 13 heteroatoms. The largest absolute Gasteiger partial charge is 0.494 e. The van der Waals surface area contributed by atoms with Crippen molar-refractivity contribution in [1.29, 1.82) is 5.41 Å². The summed E-state index contributed by atoms with van der Waals surface area (Å²) in [6.07, 6.45) is 2.62. The number of aryl methyl sites for hydroxylation is 2. The number of nitrogens with zero attached hydrogens (tertiary/aromatic N) is 5. The molecule has 3 heterocycles. The van der Waals surface area contributed by atoms with Crippen LogP contribution >= 0.6 is 0 Å². The van der Waals surface area contributed by atoms with Crippen LogP contribution in [0.5, 0.6) is 5.75 Å². The molecule has 4 aromatic rings. The Hall–Kier alpha value is -4.42. The van der Waals surface area contributed by atoms with E-state index in [0.717, 1.165) is 23.7 Å². The molecule has 210 valence electrons. The van der Waals surface area contributed by atoms with Crippen LogP contribution in [0.2, 0.25) is 0 Å². The molecule has 0 saturated heterocycles. The highest BCUT2D eigenvalue weighted by Gasteiger charge is 2.38. The van der Waals surface area contributed by atoms with E-state index in [1.165, 1.54) is 32.5 Å². The van der Waals surface area contributed by atoms with E-state index in [1.807, 2.05) is 0 Å². The summed E-state index contributed by atoms with van der Waals surface area (Å²) in [6, 6.07) is 5.44. The first-order chi connectivity index (χ1) is 18.9. The molecule has 2 N–H and O–H groups in total. The molecule has 40 heavy (non-hydrogen) atoms. The number of hydrogen-bond donors (Lipinski definition) is 2. The first-order valence-electron chi connectivity index (χ1n) is 12.5. The minimum absolute atomic E-state index is 0.00322. The van der Waals surface area contributed by atoms with Crippen molar-refractivity contribution in [3.05, 3.63) is 83.0 Å². The lowest BCUT2D eigenvalue weighted by molar-refractivity contribution is -0.140. The van der Waals surface area contributed by atoms with Gasteiger partial charge in [-0.15, -0.1) is 0 Å². The van der Waals surface area contributed by atoms with Crippen LogP contribution in [0.15, 0.2) is 49.1 Å². The molecule has 3 aromatic heterocycles. The molecule has 1 fully saturated rings. The number of imidazole rings is 1. The zero-order valence-electron chi connectivity index (χ0n) is 22.0. The van der Waals surface area contributed by atoms with Crippen LogP contribution in [-0.4, -0.2) is 36.9 Å². The van der Waals surface area contributed by atoms with Gasteiger partial charge in [-0.05, 0) is 48.1 Å². The molecule has 1 aromatic carbocycles. The summed E-state index contributed by atoms with van der Waals surface area (Å²) < 4.78 is 64.8. The Balaban J connectivity index is 1.55. The number of nitrogens with one attached hydrogen (secondary N) is 2. The molecule has 5 rings (SSSR count). The molecule has 1 saturated carbocycles. The summed E-state index contributed by atoms with van der Waals surface area (Å²) in [5.41, 5.74) is 0.191. The lowest BCUT2D eigenvalue weighted by Crippen LogP contribution is -2.31. The fourth-order valence-corrected chi connectivity index (χ4v) is 4.68. The average molecular weight is 558 g/mol. The van der Waals surface area contributed by atoms with E-state index in [0.29, 0.717) is 11.3 Å². The van der Waals surface area contributed by atoms with Crippen LogP contribution in [0.3, 0.4) is 0 Å². The topological polar surface area (TPSA) is 103 Å². The van der Waals surface area contributed by atoms with Gasteiger partial charge in [-0.1, -0.05) is 0 Å². The van der Waals surface area contributed by atoms with Crippen molar-refractivity contribution < 1.29 is 27.1 Å². The van der Waals surface area contributed by atoms with Crippen LogP contribution in [-0.2, 0) is 26.8 Å². The second-order valence-electron chi connectivity index (χ2n) is 9.87. The summed E-state index contributed by atoms with van der Waals surface area (Å²) in [7, 11) is 4.43. The van der Waals surface area contributed by atoms with Gasteiger partial charge >= 0.3 is 6.18 Å². The minimum atomic E-state index is -4.71. The van der Waals surface area contributed by atoms with Crippen molar-refractivity contribution in [3.63, 3.8) is 0 Å². The molecular weight excluding hydrogens is 530 g/mol. The molecule has 1 atom stereocenters. The number of rotatable bonds is 8. The molecule has 0 bridgehead atoms. The highest BCUT2D eigenvalue weighted by atomic mass is 19.4. The first kappa shape index (κ1) is 27.2. The third-order valence-corrected chi connectivity index (χ3v) is 6.85. The molecule has 1 amide bonds. The van der Waals surface area contributed by atoms with Gasteiger partial charge in [0.1, 0.15) is 0 Å². The number of pyridine rings is 1. The third kappa shape index (κ3) is 5.49. The van der Waals surface area contributed by atoms with Crippen molar-refractivity contribution in [2.45, 2.75) is 31.6 Å². The number of ether oxygens (including phenoxy) is 1. The van der Waals surface area contributed by atoms with E-state index < -0.39 is 29.6 Å². The second kappa shape index (κ2) is 10.3. The summed E-state index contributed by atoms with van der Waals surface area (Å²) in [5, 5.41) is 14.8. The van der Waals surface area contributed by atoms with Crippen molar-refractivity contribution in [2.24, 2.45) is 20.0 Å². The molecule has 9 nitrogen and oxygen atoms in total. The number of aromatic nitrogens is 5. The number of carbonyl (C=O) groups is 1. The number of hydrogen-bond acceptors (Lipinski definition) is 5. The van der Waals surface area contributed by atoms with Crippen LogP contribution in [0.25, 0.3) is 11.1 Å². The van der Waals surface area contributed by atoms with Gasteiger partial charge in [-0.3, -0.25) is 19.9 Å². The van der Waals surface area contributed by atoms with Crippen LogP contribution in [0.1, 0.15) is 46.2 Å². The van der Waals surface area contributed by atoms with E-state index in [9.17, 15) is 22.4 Å². The number of halogens is 4. The van der Waals surface area contributed by atoms with Crippen LogP contribution < -0.4 is 15.7 Å². The predicted molar refractivity (Wildman–Crippen MR) is 136 cm³/mol. The Bertz CT molecular complexity index is 1630. The highest BCUT2D eigenvalue weighted by molar-refractivity contribution is 5.96.